The zero-order valence-corrected chi connectivity index (χ0v) is 27.4. The van der Waals surface area contributed by atoms with Gasteiger partial charge in [0.05, 0.1) is 6.10 Å². The van der Waals surface area contributed by atoms with Crippen LogP contribution in [0.2, 0.25) is 0 Å². The van der Waals surface area contributed by atoms with E-state index in [-0.39, 0.29) is 18.2 Å². The van der Waals surface area contributed by atoms with Crippen molar-refractivity contribution in [3.05, 3.63) is 12.7 Å². The first-order valence-corrected chi connectivity index (χ1v) is 17.9. The molecule has 0 aromatic carbocycles. The van der Waals surface area contributed by atoms with Gasteiger partial charge in [0.1, 0.15) is 6.10 Å². The summed E-state index contributed by atoms with van der Waals surface area (Å²) in [5.41, 5.74) is 0. The molecule has 2 fully saturated rings. The van der Waals surface area contributed by atoms with Gasteiger partial charge >= 0.3 is 5.97 Å². The highest BCUT2D eigenvalue weighted by molar-refractivity contribution is 5.81. The number of carbonyl (C=O) groups excluding carboxylic acids is 1. The van der Waals surface area contributed by atoms with Crippen LogP contribution in [-0.4, -0.2) is 23.3 Å². The number of aliphatic hydroxyl groups excluding tert-OH is 1. The van der Waals surface area contributed by atoms with Gasteiger partial charge in [-0.15, -0.1) is 0 Å². The molecular formula is C37H68O3. The van der Waals surface area contributed by atoms with Crippen molar-refractivity contribution in [2.24, 2.45) is 41.4 Å². The van der Waals surface area contributed by atoms with Crippen LogP contribution in [0.5, 0.6) is 0 Å². The summed E-state index contributed by atoms with van der Waals surface area (Å²) in [7, 11) is 0. The molecule has 0 spiro atoms. The van der Waals surface area contributed by atoms with Gasteiger partial charge in [-0.2, -0.15) is 0 Å². The van der Waals surface area contributed by atoms with Gasteiger partial charge in [0, 0.05) is 6.08 Å². The average Bonchev–Trinajstić information content (AvgIpc) is 2.95. The number of unbranched alkanes of at least 4 members (excludes halogenated alkanes) is 8. The number of esters is 1. The SMILES string of the molecule is C=CC(=O)OC1C(CCCCC)CC(CCCCC)CC1C(C)C1CC(CCCCC)CC(CCCCC)C1O. The van der Waals surface area contributed by atoms with E-state index in [0.29, 0.717) is 35.5 Å². The van der Waals surface area contributed by atoms with E-state index in [1.165, 1.54) is 115 Å². The van der Waals surface area contributed by atoms with Crippen molar-refractivity contribution in [1.29, 1.82) is 0 Å². The summed E-state index contributed by atoms with van der Waals surface area (Å²) < 4.78 is 6.29. The molecule has 3 nitrogen and oxygen atoms in total. The first kappa shape index (κ1) is 35.4. The van der Waals surface area contributed by atoms with Crippen molar-refractivity contribution in [1.82, 2.24) is 0 Å². The van der Waals surface area contributed by atoms with E-state index >= 15 is 0 Å². The Morgan fingerprint density at radius 2 is 1.18 bits per heavy atom. The molecule has 0 bridgehead atoms. The van der Waals surface area contributed by atoms with Crippen LogP contribution in [0.3, 0.4) is 0 Å². The molecule has 0 saturated heterocycles. The molecule has 234 valence electrons. The monoisotopic (exact) mass is 561 g/mol. The van der Waals surface area contributed by atoms with Crippen molar-refractivity contribution in [3.63, 3.8) is 0 Å². The molecule has 2 saturated carbocycles. The van der Waals surface area contributed by atoms with E-state index in [1.807, 2.05) is 0 Å². The largest absolute Gasteiger partial charge is 0.459 e. The first-order chi connectivity index (χ1) is 19.4. The van der Waals surface area contributed by atoms with E-state index < -0.39 is 0 Å². The third kappa shape index (κ3) is 11.4. The third-order valence-corrected chi connectivity index (χ3v) is 10.8. The Kier molecular flexibility index (Phi) is 17.8. The molecule has 2 aliphatic rings. The minimum Gasteiger partial charge on any atom is -0.459 e. The second-order valence-electron chi connectivity index (χ2n) is 14.0. The number of carbonyl (C=O) groups is 1. The lowest BCUT2D eigenvalue weighted by atomic mass is 9.59. The molecule has 0 aliphatic heterocycles. The molecule has 9 unspecified atom stereocenters. The van der Waals surface area contributed by atoms with E-state index in [9.17, 15) is 9.90 Å². The first-order valence-electron chi connectivity index (χ1n) is 17.9. The van der Waals surface area contributed by atoms with Gasteiger partial charge in [-0.25, -0.2) is 4.79 Å². The third-order valence-electron chi connectivity index (χ3n) is 10.8. The lowest BCUT2D eigenvalue weighted by Gasteiger charge is -2.49. The summed E-state index contributed by atoms with van der Waals surface area (Å²) in [6.07, 6.45) is 26.0. The molecule has 0 heterocycles. The topological polar surface area (TPSA) is 46.5 Å². The number of hydrogen-bond acceptors (Lipinski definition) is 3. The molecule has 1 N–H and O–H groups in total. The normalized spacial score (nSPS) is 31.6. The Hall–Kier alpha value is -0.830. The van der Waals surface area contributed by atoms with Crippen molar-refractivity contribution in [3.8, 4) is 0 Å². The molecule has 9 atom stereocenters. The Labute approximate surface area is 249 Å². The maximum atomic E-state index is 12.7. The lowest BCUT2D eigenvalue weighted by molar-refractivity contribution is -0.159. The van der Waals surface area contributed by atoms with Gasteiger partial charge in [-0.1, -0.05) is 131 Å². The predicted molar refractivity (Wildman–Crippen MR) is 171 cm³/mol. The molecule has 0 amide bonds. The van der Waals surface area contributed by atoms with Gasteiger partial charge in [0.2, 0.25) is 0 Å². The second kappa shape index (κ2) is 20.1. The van der Waals surface area contributed by atoms with Crippen LogP contribution in [0.25, 0.3) is 0 Å². The fraction of sp³-hybridized carbons (Fsp3) is 0.919. The van der Waals surface area contributed by atoms with Crippen LogP contribution in [0.4, 0.5) is 0 Å². The van der Waals surface area contributed by atoms with E-state index in [0.717, 1.165) is 25.2 Å². The standard InChI is InChI=1S/C37H68O3/c1-7-12-16-20-29-24-31(22-18-14-9-3)36(39)33(26-29)28(6)34-27-30(21-17-13-8-2)25-32(23-19-15-10-4)37(34)40-35(38)11-5/h11,28-34,36-37,39H,5,7-10,12-27H2,1-4,6H3. The van der Waals surface area contributed by atoms with E-state index in [4.69, 9.17) is 4.74 Å². The maximum absolute atomic E-state index is 12.7. The highest BCUT2D eigenvalue weighted by Gasteiger charge is 2.47. The summed E-state index contributed by atoms with van der Waals surface area (Å²) in [5.74, 6) is 3.06. The zero-order valence-electron chi connectivity index (χ0n) is 27.4. The van der Waals surface area contributed by atoms with E-state index in [1.54, 1.807) is 0 Å². The Bertz CT molecular complexity index is 674. The van der Waals surface area contributed by atoms with Gasteiger partial charge in [-0.05, 0) is 80.0 Å². The lowest BCUT2D eigenvalue weighted by Crippen LogP contribution is -2.49. The Morgan fingerprint density at radius 1 is 0.725 bits per heavy atom. The van der Waals surface area contributed by atoms with Gasteiger partial charge in [0.25, 0.3) is 0 Å². The molecule has 40 heavy (non-hydrogen) atoms. The number of rotatable bonds is 20. The zero-order chi connectivity index (χ0) is 29.3. The quantitative estimate of drug-likeness (QED) is 0.0915. The fourth-order valence-corrected chi connectivity index (χ4v) is 8.51. The number of ether oxygens (including phenoxy) is 1. The molecule has 0 radical (unpaired) electrons. The smallest absolute Gasteiger partial charge is 0.330 e. The highest BCUT2D eigenvalue weighted by atomic mass is 16.5. The van der Waals surface area contributed by atoms with Crippen molar-refractivity contribution in [2.75, 3.05) is 0 Å². The van der Waals surface area contributed by atoms with Gasteiger partial charge in [-0.3, -0.25) is 0 Å². The summed E-state index contributed by atoms with van der Waals surface area (Å²) in [6.45, 7) is 15.3. The average molecular weight is 561 g/mol. The number of hydrogen-bond donors (Lipinski definition) is 1. The molecule has 2 aliphatic carbocycles. The Morgan fingerprint density at radius 3 is 1.68 bits per heavy atom. The number of aliphatic hydroxyl groups is 1. The minimum absolute atomic E-state index is 0.0361. The van der Waals surface area contributed by atoms with E-state index in [2.05, 4.69) is 41.2 Å². The second-order valence-corrected chi connectivity index (χ2v) is 14.0. The molecular weight excluding hydrogens is 492 g/mol. The maximum Gasteiger partial charge on any atom is 0.330 e. The predicted octanol–water partition coefficient (Wildman–Crippen LogP) is 10.7. The van der Waals surface area contributed by atoms with Crippen molar-refractivity contribution < 1.29 is 14.6 Å². The summed E-state index contributed by atoms with van der Waals surface area (Å²) in [5, 5.41) is 11.9. The van der Waals surface area contributed by atoms with Crippen LogP contribution < -0.4 is 0 Å². The van der Waals surface area contributed by atoms with Crippen molar-refractivity contribution in [2.45, 2.75) is 175 Å². The fourth-order valence-electron chi connectivity index (χ4n) is 8.51. The van der Waals surface area contributed by atoms with Crippen LogP contribution >= 0.6 is 0 Å². The molecule has 0 aromatic rings. The Balaban J connectivity index is 2.32. The van der Waals surface area contributed by atoms with Crippen LogP contribution in [0.1, 0.15) is 163 Å². The van der Waals surface area contributed by atoms with Crippen LogP contribution in [0.15, 0.2) is 12.7 Å². The van der Waals surface area contributed by atoms with Crippen molar-refractivity contribution >= 4 is 5.97 Å². The molecule has 2 rings (SSSR count). The minimum atomic E-state index is -0.258. The summed E-state index contributed by atoms with van der Waals surface area (Å²) in [6, 6.07) is 0. The summed E-state index contributed by atoms with van der Waals surface area (Å²) in [4.78, 5) is 12.7. The highest BCUT2D eigenvalue weighted by Crippen LogP contribution is 2.49. The van der Waals surface area contributed by atoms with Crippen LogP contribution in [0, 0.1) is 41.4 Å². The van der Waals surface area contributed by atoms with Gasteiger partial charge < -0.3 is 9.84 Å². The summed E-state index contributed by atoms with van der Waals surface area (Å²) >= 11 is 0. The van der Waals surface area contributed by atoms with Gasteiger partial charge in [0.15, 0.2) is 0 Å². The van der Waals surface area contributed by atoms with Crippen LogP contribution in [-0.2, 0) is 9.53 Å². The molecule has 3 heteroatoms. The molecule has 0 aromatic heterocycles.